The van der Waals surface area contributed by atoms with E-state index in [1.165, 1.54) is 5.06 Å². The van der Waals surface area contributed by atoms with Gasteiger partial charge < -0.3 is 9.94 Å². The van der Waals surface area contributed by atoms with E-state index in [0.717, 1.165) is 6.42 Å². The number of hydrogen-bond donors (Lipinski definition) is 1. The van der Waals surface area contributed by atoms with Crippen LogP contribution in [0.1, 0.15) is 34.1 Å². The van der Waals surface area contributed by atoms with Crippen LogP contribution < -0.4 is 0 Å². The van der Waals surface area contributed by atoms with E-state index in [4.69, 9.17) is 4.74 Å². The Morgan fingerprint density at radius 1 is 1.44 bits per heavy atom. The Morgan fingerprint density at radius 2 is 2.06 bits per heavy atom. The van der Waals surface area contributed by atoms with Gasteiger partial charge in [0.15, 0.2) is 0 Å². The van der Waals surface area contributed by atoms with Crippen molar-refractivity contribution < 1.29 is 14.7 Å². The minimum Gasteiger partial charge on any atom is -0.466 e. The molecule has 2 unspecified atom stereocenters. The second-order valence-corrected chi connectivity index (χ2v) is 5.62. The van der Waals surface area contributed by atoms with Gasteiger partial charge in [0.2, 0.25) is 0 Å². The van der Waals surface area contributed by atoms with Gasteiger partial charge >= 0.3 is 5.97 Å². The Morgan fingerprint density at radius 3 is 2.56 bits per heavy atom. The summed E-state index contributed by atoms with van der Waals surface area (Å²) in [6.45, 7) is 9.65. The van der Waals surface area contributed by atoms with E-state index in [1.807, 2.05) is 0 Å². The minimum absolute atomic E-state index is 0.103. The molecule has 0 bridgehead atoms. The minimum atomic E-state index is -0.192. The van der Waals surface area contributed by atoms with E-state index >= 15 is 0 Å². The second kappa shape index (κ2) is 5.15. The van der Waals surface area contributed by atoms with Gasteiger partial charge in [-0.2, -0.15) is 5.06 Å². The molecule has 1 fully saturated rings. The summed E-state index contributed by atoms with van der Waals surface area (Å²) in [6, 6.07) is 0. The molecule has 1 aliphatic heterocycles. The van der Waals surface area contributed by atoms with Crippen molar-refractivity contribution in [1.82, 2.24) is 5.06 Å². The maximum atomic E-state index is 11.7. The average Bonchev–Trinajstić information content (AvgIpc) is 2.16. The molecule has 4 heteroatoms. The summed E-state index contributed by atoms with van der Waals surface area (Å²) in [5.41, 5.74) is 0.103. The lowest BCUT2D eigenvalue weighted by molar-refractivity contribution is -0.172. The maximum absolute atomic E-state index is 11.7. The summed E-state index contributed by atoms with van der Waals surface area (Å²) < 4.78 is 5.01. The molecule has 1 rings (SSSR count). The van der Waals surface area contributed by atoms with Crippen LogP contribution in [0.5, 0.6) is 0 Å². The first-order valence-corrected chi connectivity index (χ1v) is 5.95. The van der Waals surface area contributed by atoms with Gasteiger partial charge in [-0.15, -0.1) is 0 Å². The molecular formula is C12H23NO3. The third kappa shape index (κ3) is 3.46. The van der Waals surface area contributed by atoms with Crippen LogP contribution in [-0.4, -0.2) is 35.9 Å². The van der Waals surface area contributed by atoms with Gasteiger partial charge in [-0.05, 0) is 24.7 Å². The highest BCUT2D eigenvalue weighted by atomic mass is 16.5. The molecule has 0 aromatic heterocycles. The molecule has 0 aromatic carbocycles. The number of carbonyl (C=O) groups is 1. The first kappa shape index (κ1) is 13.5. The van der Waals surface area contributed by atoms with Crippen molar-refractivity contribution in [1.29, 1.82) is 0 Å². The van der Waals surface area contributed by atoms with Crippen molar-refractivity contribution in [2.75, 3.05) is 19.7 Å². The molecule has 0 amide bonds. The fraction of sp³-hybridized carbons (Fsp3) is 0.917. The topological polar surface area (TPSA) is 49.8 Å². The summed E-state index contributed by atoms with van der Waals surface area (Å²) in [5, 5.41) is 10.9. The highest BCUT2D eigenvalue weighted by Gasteiger charge is 2.37. The van der Waals surface area contributed by atoms with Crippen molar-refractivity contribution in [2.45, 2.75) is 34.1 Å². The first-order chi connectivity index (χ1) is 7.34. The Bertz CT molecular complexity index is 247. The molecule has 2 atom stereocenters. The lowest BCUT2D eigenvalue weighted by Gasteiger charge is -2.39. The van der Waals surface area contributed by atoms with E-state index in [-0.39, 0.29) is 17.3 Å². The third-order valence-corrected chi connectivity index (χ3v) is 3.28. The number of hydrogen-bond acceptors (Lipinski definition) is 4. The van der Waals surface area contributed by atoms with Gasteiger partial charge in [0.25, 0.3) is 0 Å². The van der Waals surface area contributed by atoms with Crippen molar-refractivity contribution in [2.24, 2.45) is 17.3 Å². The highest BCUT2D eigenvalue weighted by molar-refractivity contribution is 5.72. The summed E-state index contributed by atoms with van der Waals surface area (Å²) >= 11 is 0. The number of piperidine rings is 1. The lowest BCUT2D eigenvalue weighted by Crippen LogP contribution is -2.45. The fourth-order valence-electron chi connectivity index (χ4n) is 2.13. The number of rotatable bonds is 2. The van der Waals surface area contributed by atoms with Crippen molar-refractivity contribution in [3.63, 3.8) is 0 Å². The molecule has 1 N–H and O–H groups in total. The maximum Gasteiger partial charge on any atom is 0.310 e. The molecule has 0 saturated carbocycles. The lowest BCUT2D eigenvalue weighted by atomic mass is 9.74. The monoisotopic (exact) mass is 229 g/mol. The molecule has 1 heterocycles. The molecular weight excluding hydrogens is 206 g/mol. The number of ether oxygens (including phenoxy) is 1. The smallest absolute Gasteiger partial charge is 0.310 e. The van der Waals surface area contributed by atoms with Gasteiger partial charge in [-0.25, -0.2) is 0 Å². The SMILES string of the molecule is CCOC(=O)C1CC(C(C)(C)C)CN(O)C1. The zero-order valence-electron chi connectivity index (χ0n) is 10.7. The molecule has 94 valence electrons. The standard InChI is InChI=1S/C12H23NO3/c1-5-16-11(14)9-6-10(12(2,3)4)8-13(15)7-9/h9-10,15H,5-8H2,1-4H3. The molecule has 0 spiro atoms. The van der Waals surface area contributed by atoms with Gasteiger partial charge in [-0.1, -0.05) is 20.8 Å². The van der Waals surface area contributed by atoms with Crippen molar-refractivity contribution in [3.8, 4) is 0 Å². The number of esters is 1. The Hall–Kier alpha value is -0.610. The van der Waals surface area contributed by atoms with Gasteiger partial charge in [-0.3, -0.25) is 4.79 Å². The van der Waals surface area contributed by atoms with E-state index in [0.29, 0.717) is 25.6 Å². The summed E-state index contributed by atoms with van der Waals surface area (Å²) in [4.78, 5) is 11.7. The van der Waals surface area contributed by atoms with Crippen LogP contribution in [0.4, 0.5) is 0 Å². The summed E-state index contributed by atoms with van der Waals surface area (Å²) in [7, 11) is 0. The zero-order chi connectivity index (χ0) is 12.3. The summed E-state index contributed by atoms with van der Waals surface area (Å²) in [5.74, 6) is -0.0564. The van der Waals surface area contributed by atoms with Crippen LogP contribution in [0.15, 0.2) is 0 Å². The van der Waals surface area contributed by atoms with Crippen molar-refractivity contribution in [3.05, 3.63) is 0 Å². The van der Waals surface area contributed by atoms with Crippen LogP contribution >= 0.6 is 0 Å². The van der Waals surface area contributed by atoms with Gasteiger partial charge in [0, 0.05) is 13.1 Å². The molecule has 4 nitrogen and oxygen atoms in total. The normalized spacial score (nSPS) is 27.8. The predicted octanol–water partition coefficient (Wildman–Crippen LogP) is 1.92. The van der Waals surface area contributed by atoms with Crippen LogP contribution in [0, 0.1) is 17.3 Å². The molecule has 1 saturated heterocycles. The molecule has 1 aliphatic rings. The molecule has 0 aromatic rings. The van der Waals surface area contributed by atoms with Gasteiger partial charge in [0.05, 0.1) is 12.5 Å². The van der Waals surface area contributed by atoms with E-state index in [2.05, 4.69) is 20.8 Å². The Kier molecular flexibility index (Phi) is 4.33. The van der Waals surface area contributed by atoms with Gasteiger partial charge in [0.1, 0.15) is 0 Å². The molecule has 0 radical (unpaired) electrons. The average molecular weight is 229 g/mol. The van der Waals surface area contributed by atoms with Crippen LogP contribution in [-0.2, 0) is 9.53 Å². The fourth-order valence-corrected chi connectivity index (χ4v) is 2.13. The van der Waals surface area contributed by atoms with E-state index in [1.54, 1.807) is 6.92 Å². The largest absolute Gasteiger partial charge is 0.466 e. The summed E-state index contributed by atoms with van der Waals surface area (Å²) in [6.07, 6.45) is 0.805. The Labute approximate surface area is 97.5 Å². The molecule has 0 aliphatic carbocycles. The second-order valence-electron chi connectivity index (χ2n) is 5.62. The van der Waals surface area contributed by atoms with Crippen LogP contribution in [0.25, 0.3) is 0 Å². The highest BCUT2D eigenvalue weighted by Crippen LogP contribution is 2.35. The number of nitrogens with zero attached hydrogens (tertiary/aromatic N) is 1. The number of carbonyl (C=O) groups excluding carboxylic acids is 1. The quantitative estimate of drug-likeness (QED) is 0.735. The van der Waals surface area contributed by atoms with E-state index in [9.17, 15) is 10.0 Å². The van der Waals surface area contributed by atoms with Crippen molar-refractivity contribution >= 4 is 5.97 Å². The molecule has 16 heavy (non-hydrogen) atoms. The van der Waals surface area contributed by atoms with Crippen LogP contribution in [0.3, 0.4) is 0 Å². The first-order valence-electron chi connectivity index (χ1n) is 5.95. The number of hydroxylamine groups is 2. The Balaban J connectivity index is 2.64. The zero-order valence-corrected chi connectivity index (χ0v) is 10.7. The predicted molar refractivity (Wildman–Crippen MR) is 61.0 cm³/mol. The third-order valence-electron chi connectivity index (χ3n) is 3.28. The van der Waals surface area contributed by atoms with Crippen LogP contribution in [0.2, 0.25) is 0 Å². The van der Waals surface area contributed by atoms with E-state index < -0.39 is 0 Å².